The van der Waals surface area contributed by atoms with Gasteiger partial charge in [0.05, 0.1) is 16.8 Å². The second-order valence-electron chi connectivity index (χ2n) is 4.62. The van der Waals surface area contributed by atoms with Crippen LogP contribution in [0.4, 0.5) is 13.2 Å². The quantitative estimate of drug-likeness (QED) is 0.790. The molecule has 0 spiro atoms. The van der Waals surface area contributed by atoms with Crippen LogP contribution < -0.4 is 0 Å². The van der Waals surface area contributed by atoms with Crippen molar-refractivity contribution in [3.05, 3.63) is 52.3 Å². The number of alkyl halides is 3. The van der Waals surface area contributed by atoms with E-state index in [1.54, 1.807) is 30.6 Å². The van der Waals surface area contributed by atoms with Crippen LogP contribution in [0.2, 0.25) is 0 Å². The van der Waals surface area contributed by atoms with Crippen LogP contribution in [0.15, 0.2) is 24.3 Å². The van der Waals surface area contributed by atoms with E-state index in [4.69, 9.17) is 5.26 Å². The summed E-state index contributed by atoms with van der Waals surface area (Å²) in [4.78, 5) is 10.9. The minimum atomic E-state index is -4.50. The van der Waals surface area contributed by atoms with Crippen LogP contribution in [0, 0.1) is 25.2 Å². The summed E-state index contributed by atoms with van der Waals surface area (Å²) in [5.74, 6) is 0. The van der Waals surface area contributed by atoms with Crippen LogP contribution >= 0.6 is 0 Å². The van der Waals surface area contributed by atoms with Gasteiger partial charge in [0.25, 0.3) is 0 Å². The van der Waals surface area contributed by atoms with Gasteiger partial charge in [0.2, 0.25) is 0 Å². The summed E-state index contributed by atoms with van der Waals surface area (Å²) in [6, 6.07) is 6.39. The van der Waals surface area contributed by atoms with Crippen molar-refractivity contribution in [2.45, 2.75) is 20.0 Å². The van der Waals surface area contributed by atoms with Gasteiger partial charge in [-0.1, -0.05) is 0 Å². The largest absolute Gasteiger partial charge is 0.416 e. The molecule has 0 unspecified atom stereocenters. The first-order valence-corrected chi connectivity index (χ1v) is 6.05. The van der Waals surface area contributed by atoms with Gasteiger partial charge in [0.15, 0.2) is 6.29 Å². The first-order valence-electron chi connectivity index (χ1n) is 6.05. The van der Waals surface area contributed by atoms with Crippen molar-refractivity contribution in [1.82, 2.24) is 4.57 Å². The van der Waals surface area contributed by atoms with E-state index in [1.165, 1.54) is 6.07 Å². The molecule has 1 heterocycles. The SMILES string of the molecule is Cc1cc(C=O)c(C)n1-c1ccc(C(F)(F)F)cc1C#N. The Balaban J connectivity index is 2.69. The van der Waals surface area contributed by atoms with Crippen LogP contribution in [0.25, 0.3) is 5.69 Å². The normalized spacial score (nSPS) is 11.2. The number of hydrogen-bond donors (Lipinski definition) is 0. The van der Waals surface area contributed by atoms with Gasteiger partial charge in [-0.3, -0.25) is 4.79 Å². The maximum absolute atomic E-state index is 12.7. The molecule has 0 bridgehead atoms. The van der Waals surface area contributed by atoms with E-state index in [0.717, 1.165) is 12.1 Å². The van der Waals surface area contributed by atoms with Gasteiger partial charge in [0.1, 0.15) is 6.07 Å². The highest BCUT2D eigenvalue weighted by Gasteiger charge is 2.31. The lowest BCUT2D eigenvalue weighted by Gasteiger charge is -2.14. The molecule has 6 heteroatoms. The van der Waals surface area contributed by atoms with Gasteiger partial charge in [-0.2, -0.15) is 18.4 Å². The molecule has 0 aliphatic carbocycles. The predicted molar refractivity (Wildman–Crippen MR) is 70.3 cm³/mol. The molecule has 2 aromatic rings. The van der Waals surface area contributed by atoms with Gasteiger partial charge in [0, 0.05) is 17.0 Å². The minimum Gasteiger partial charge on any atom is -0.316 e. The standard InChI is InChI=1S/C15H11F3N2O/c1-9-5-12(8-21)10(2)20(9)14-4-3-13(15(16,17)18)6-11(14)7-19/h3-6,8H,1-2H3. The molecule has 0 saturated heterocycles. The number of halogens is 3. The van der Waals surface area contributed by atoms with Crippen LogP contribution in [-0.2, 0) is 6.18 Å². The number of rotatable bonds is 2. The van der Waals surface area contributed by atoms with Crippen LogP contribution in [0.3, 0.4) is 0 Å². The van der Waals surface area contributed by atoms with Crippen LogP contribution in [0.5, 0.6) is 0 Å². The molecule has 0 saturated carbocycles. The Morgan fingerprint density at radius 1 is 1.24 bits per heavy atom. The van der Waals surface area contributed by atoms with Gasteiger partial charge < -0.3 is 4.57 Å². The van der Waals surface area contributed by atoms with Gasteiger partial charge in [-0.15, -0.1) is 0 Å². The molecule has 108 valence electrons. The van der Waals surface area contributed by atoms with E-state index in [1.807, 2.05) is 0 Å². The van der Waals surface area contributed by atoms with Crippen LogP contribution in [-0.4, -0.2) is 10.9 Å². The van der Waals surface area contributed by atoms with E-state index in [-0.39, 0.29) is 5.56 Å². The third kappa shape index (κ3) is 2.55. The highest BCUT2D eigenvalue weighted by atomic mass is 19.4. The van der Waals surface area contributed by atoms with Crippen molar-refractivity contribution in [3.8, 4) is 11.8 Å². The lowest BCUT2D eigenvalue weighted by molar-refractivity contribution is -0.137. The third-order valence-corrected chi connectivity index (χ3v) is 3.28. The van der Waals surface area contributed by atoms with Crippen molar-refractivity contribution in [3.63, 3.8) is 0 Å². The smallest absolute Gasteiger partial charge is 0.316 e. The zero-order valence-electron chi connectivity index (χ0n) is 11.3. The average molecular weight is 292 g/mol. The molecular weight excluding hydrogens is 281 g/mol. The van der Waals surface area contributed by atoms with Crippen molar-refractivity contribution >= 4 is 6.29 Å². The summed E-state index contributed by atoms with van der Waals surface area (Å²) in [6.07, 6.45) is -3.83. The first kappa shape index (κ1) is 14.9. The Bertz CT molecular complexity index is 751. The lowest BCUT2D eigenvalue weighted by atomic mass is 10.1. The second-order valence-corrected chi connectivity index (χ2v) is 4.62. The molecule has 0 aliphatic heterocycles. The summed E-state index contributed by atoms with van der Waals surface area (Å²) in [6.45, 7) is 3.40. The Kier molecular flexibility index (Phi) is 3.60. The van der Waals surface area contributed by atoms with E-state index in [0.29, 0.717) is 28.9 Å². The fraction of sp³-hybridized carbons (Fsp3) is 0.200. The van der Waals surface area contributed by atoms with E-state index < -0.39 is 11.7 Å². The maximum atomic E-state index is 12.7. The number of carbonyl (C=O) groups excluding carboxylic acids is 1. The first-order chi connectivity index (χ1) is 9.79. The molecule has 0 radical (unpaired) electrons. The van der Waals surface area contributed by atoms with Crippen molar-refractivity contribution in [2.24, 2.45) is 0 Å². The molecule has 21 heavy (non-hydrogen) atoms. The molecule has 2 rings (SSSR count). The fourth-order valence-corrected chi connectivity index (χ4v) is 2.27. The number of nitrogens with zero attached hydrogens (tertiary/aromatic N) is 2. The number of carbonyl (C=O) groups is 1. The third-order valence-electron chi connectivity index (χ3n) is 3.28. The second kappa shape index (κ2) is 5.09. The number of nitriles is 1. The molecule has 0 aliphatic rings. The van der Waals surface area contributed by atoms with Gasteiger partial charge in [-0.05, 0) is 38.1 Å². The number of aromatic nitrogens is 1. The summed E-state index contributed by atoms with van der Waals surface area (Å²) < 4.78 is 39.7. The Labute approximate surface area is 119 Å². The lowest BCUT2D eigenvalue weighted by Crippen LogP contribution is -2.08. The molecule has 0 fully saturated rings. The average Bonchev–Trinajstić information content (AvgIpc) is 2.71. The number of aldehydes is 1. The number of hydrogen-bond acceptors (Lipinski definition) is 2. The Morgan fingerprint density at radius 2 is 1.90 bits per heavy atom. The summed E-state index contributed by atoms with van der Waals surface area (Å²) in [7, 11) is 0. The highest BCUT2D eigenvalue weighted by Crippen LogP contribution is 2.32. The maximum Gasteiger partial charge on any atom is 0.416 e. The zero-order valence-corrected chi connectivity index (χ0v) is 11.3. The minimum absolute atomic E-state index is 0.0935. The topological polar surface area (TPSA) is 45.8 Å². The Hall–Kier alpha value is -2.55. The summed E-state index contributed by atoms with van der Waals surface area (Å²) in [5, 5.41) is 9.12. The Morgan fingerprint density at radius 3 is 2.38 bits per heavy atom. The molecule has 1 aromatic heterocycles. The number of benzene rings is 1. The summed E-state index contributed by atoms with van der Waals surface area (Å²) >= 11 is 0. The molecule has 1 aromatic carbocycles. The monoisotopic (exact) mass is 292 g/mol. The molecule has 0 N–H and O–H groups in total. The predicted octanol–water partition coefficient (Wildman–Crippen LogP) is 3.80. The molecular formula is C15H11F3N2O. The van der Waals surface area contributed by atoms with Crippen molar-refractivity contribution in [1.29, 1.82) is 5.26 Å². The van der Waals surface area contributed by atoms with Gasteiger partial charge >= 0.3 is 6.18 Å². The summed E-state index contributed by atoms with van der Waals surface area (Å²) in [5.41, 5.74) is 1.06. The van der Waals surface area contributed by atoms with Crippen molar-refractivity contribution < 1.29 is 18.0 Å². The highest BCUT2D eigenvalue weighted by molar-refractivity contribution is 5.78. The van der Waals surface area contributed by atoms with E-state index in [9.17, 15) is 18.0 Å². The van der Waals surface area contributed by atoms with E-state index in [2.05, 4.69) is 0 Å². The molecule has 0 atom stereocenters. The number of aryl methyl sites for hydroxylation is 1. The van der Waals surface area contributed by atoms with E-state index >= 15 is 0 Å². The molecule has 3 nitrogen and oxygen atoms in total. The zero-order chi connectivity index (χ0) is 15.8. The fourth-order valence-electron chi connectivity index (χ4n) is 2.27. The molecule has 0 amide bonds. The van der Waals surface area contributed by atoms with Crippen LogP contribution in [0.1, 0.15) is 32.9 Å². The van der Waals surface area contributed by atoms with Crippen molar-refractivity contribution in [2.75, 3.05) is 0 Å². The van der Waals surface area contributed by atoms with Gasteiger partial charge in [-0.25, -0.2) is 0 Å².